The molecule has 2 aromatic carbocycles. The lowest BCUT2D eigenvalue weighted by Crippen LogP contribution is -2.46. The zero-order valence-corrected chi connectivity index (χ0v) is 13.3. The zero-order chi connectivity index (χ0) is 16.2. The standard InChI is InChI=1S/C19H20N2O2/c1-2-23-19(22)18-11-9-16-15-7-4-3-6-14(15)8-10-17(16)21(18)13-5-12-20/h3-4,6-8,10,18H,2,5,9,11,13H2,1H3. The van der Waals surface area contributed by atoms with Crippen LogP contribution in [0.25, 0.3) is 10.8 Å². The van der Waals surface area contributed by atoms with Gasteiger partial charge in [0.25, 0.3) is 0 Å². The Morgan fingerprint density at radius 3 is 2.96 bits per heavy atom. The lowest BCUT2D eigenvalue weighted by Gasteiger charge is -2.37. The Labute approximate surface area is 136 Å². The van der Waals surface area contributed by atoms with E-state index in [1.54, 1.807) is 0 Å². The van der Waals surface area contributed by atoms with Gasteiger partial charge in [0.05, 0.1) is 19.1 Å². The van der Waals surface area contributed by atoms with Gasteiger partial charge in [0, 0.05) is 12.2 Å². The quantitative estimate of drug-likeness (QED) is 0.812. The summed E-state index contributed by atoms with van der Waals surface area (Å²) in [7, 11) is 0. The molecule has 1 aliphatic heterocycles. The molecule has 4 nitrogen and oxygen atoms in total. The first kappa shape index (κ1) is 15.4. The first-order valence-electron chi connectivity index (χ1n) is 8.07. The van der Waals surface area contributed by atoms with E-state index in [0.29, 0.717) is 19.6 Å². The second-order valence-corrected chi connectivity index (χ2v) is 5.69. The van der Waals surface area contributed by atoms with E-state index >= 15 is 0 Å². The Bertz CT molecular complexity index is 764. The summed E-state index contributed by atoms with van der Waals surface area (Å²) < 4.78 is 5.23. The first-order chi connectivity index (χ1) is 11.3. The van der Waals surface area contributed by atoms with E-state index in [-0.39, 0.29) is 12.0 Å². The number of nitriles is 1. The Balaban J connectivity index is 2.04. The lowest BCUT2D eigenvalue weighted by atomic mass is 9.91. The number of ether oxygens (including phenoxy) is 1. The number of esters is 1. The molecule has 1 unspecified atom stereocenters. The molecule has 4 heteroatoms. The van der Waals surface area contributed by atoms with Gasteiger partial charge in [0.15, 0.2) is 0 Å². The van der Waals surface area contributed by atoms with Crippen LogP contribution in [-0.2, 0) is 16.0 Å². The third-order valence-electron chi connectivity index (χ3n) is 4.39. The molecule has 0 N–H and O–H groups in total. The molecule has 1 heterocycles. The number of fused-ring (bicyclic) bond motifs is 3. The van der Waals surface area contributed by atoms with Crippen molar-refractivity contribution in [2.24, 2.45) is 0 Å². The van der Waals surface area contributed by atoms with E-state index in [1.165, 1.54) is 16.3 Å². The molecular formula is C19H20N2O2. The molecule has 2 aromatic rings. The van der Waals surface area contributed by atoms with Crippen molar-refractivity contribution in [2.75, 3.05) is 18.1 Å². The molecule has 1 atom stereocenters. The summed E-state index contributed by atoms with van der Waals surface area (Å²) in [5.74, 6) is -0.191. The summed E-state index contributed by atoms with van der Waals surface area (Å²) in [6.45, 7) is 2.75. The summed E-state index contributed by atoms with van der Waals surface area (Å²) >= 11 is 0. The van der Waals surface area contributed by atoms with Gasteiger partial charge in [-0.15, -0.1) is 0 Å². The predicted molar refractivity (Wildman–Crippen MR) is 90.3 cm³/mol. The van der Waals surface area contributed by atoms with Crippen LogP contribution in [0, 0.1) is 11.3 Å². The number of nitrogens with zero attached hydrogens (tertiary/aromatic N) is 2. The number of anilines is 1. The Morgan fingerprint density at radius 1 is 1.35 bits per heavy atom. The maximum atomic E-state index is 12.3. The van der Waals surface area contributed by atoms with Crippen molar-refractivity contribution in [3.05, 3.63) is 42.0 Å². The lowest BCUT2D eigenvalue weighted by molar-refractivity contribution is -0.145. The van der Waals surface area contributed by atoms with Crippen molar-refractivity contribution < 1.29 is 9.53 Å². The molecule has 0 radical (unpaired) electrons. The van der Waals surface area contributed by atoms with Crippen molar-refractivity contribution in [2.45, 2.75) is 32.2 Å². The third-order valence-corrected chi connectivity index (χ3v) is 4.39. The Morgan fingerprint density at radius 2 is 2.17 bits per heavy atom. The summed E-state index contributed by atoms with van der Waals surface area (Å²) in [4.78, 5) is 14.3. The van der Waals surface area contributed by atoms with Gasteiger partial charge in [-0.25, -0.2) is 4.79 Å². The molecule has 23 heavy (non-hydrogen) atoms. The van der Waals surface area contributed by atoms with Gasteiger partial charge >= 0.3 is 5.97 Å². The number of carbonyl (C=O) groups excluding carboxylic acids is 1. The van der Waals surface area contributed by atoms with Gasteiger partial charge in [-0.2, -0.15) is 5.26 Å². The van der Waals surface area contributed by atoms with Gasteiger partial charge in [-0.05, 0) is 42.2 Å². The molecule has 0 spiro atoms. The molecule has 0 aliphatic carbocycles. The summed E-state index contributed by atoms with van der Waals surface area (Å²) in [6.07, 6.45) is 1.97. The summed E-state index contributed by atoms with van der Waals surface area (Å²) in [5, 5.41) is 11.4. The minimum absolute atomic E-state index is 0.191. The number of rotatable bonds is 4. The van der Waals surface area contributed by atoms with Crippen LogP contribution in [-0.4, -0.2) is 25.2 Å². The van der Waals surface area contributed by atoms with E-state index < -0.39 is 0 Å². The average molecular weight is 308 g/mol. The highest BCUT2D eigenvalue weighted by Gasteiger charge is 2.32. The maximum Gasteiger partial charge on any atom is 0.328 e. The van der Waals surface area contributed by atoms with Gasteiger partial charge in [-0.1, -0.05) is 30.3 Å². The minimum Gasteiger partial charge on any atom is -0.464 e. The smallest absolute Gasteiger partial charge is 0.328 e. The van der Waals surface area contributed by atoms with Crippen molar-refractivity contribution in [1.82, 2.24) is 0 Å². The number of hydrogen-bond donors (Lipinski definition) is 0. The van der Waals surface area contributed by atoms with Crippen LogP contribution < -0.4 is 4.90 Å². The van der Waals surface area contributed by atoms with E-state index in [2.05, 4.69) is 30.3 Å². The highest BCUT2D eigenvalue weighted by Crippen LogP contribution is 2.36. The average Bonchev–Trinajstić information content (AvgIpc) is 2.59. The van der Waals surface area contributed by atoms with Gasteiger partial charge in [0.2, 0.25) is 0 Å². The molecule has 0 aromatic heterocycles. The van der Waals surface area contributed by atoms with Crippen molar-refractivity contribution >= 4 is 22.4 Å². The molecule has 3 rings (SSSR count). The highest BCUT2D eigenvalue weighted by molar-refractivity contribution is 5.92. The molecule has 0 saturated carbocycles. The molecule has 118 valence electrons. The minimum atomic E-state index is -0.294. The van der Waals surface area contributed by atoms with Gasteiger partial charge in [-0.3, -0.25) is 0 Å². The van der Waals surface area contributed by atoms with E-state index in [1.807, 2.05) is 24.0 Å². The van der Waals surface area contributed by atoms with Crippen molar-refractivity contribution in [3.63, 3.8) is 0 Å². The monoisotopic (exact) mass is 308 g/mol. The molecule has 0 amide bonds. The first-order valence-corrected chi connectivity index (χ1v) is 8.07. The van der Waals surface area contributed by atoms with Gasteiger partial charge in [0.1, 0.15) is 6.04 Å². The van der Waals surface area contributed by atoms with Crippen LogP contribution in [0.15, 0.2) is 36.4 Å². The number of carbonyl (C=O) groups is 1. The van der Waals surface area contributed by atoms with Crippen LogP contribution in [0.1, 0.15) is 25.3 Å². The van der Waals surface area contributed by atoms with Gasteiger partial charge < -0.3 is 9.64 Å². The molecule has 1 aliphatic rings. The topological polar surface area (TPSA) is 53.3 Å². The maximum absolute atomic E-state index is 12.3. The number of benzene rings is 2. The summed E-state index contributed by atoms with van der Waals surface area (Å²) in [6, 6.07) is 14.3. The van der Waals surface area contributed by atoms with Crippen LogP contribution in [0.4, 0.5) is 5.69 Å². The van der Waals surface area contributed by atoms with Crippen LogP contribution in [0.3, 0.4) is 0 Å². The van der Waals surface area contributed by atoms with Crippen molar-refractivity contribution in [3.8, 4) is 6.07 Å². The third kappa shape index (κ3) is 2.87. The Hall–Kier alpha value is -2.54. The molecule has 0 saturated heterocycles. The number of hydrogen-bond acceptors (Lipinski definition) is 4. The molecule has 0 bridgehead atoms. The van der Waals surface area contributed by atoms with Crippen molar-refractivity contribution in [1.29, 1.82) is 5.26 Å². The second kappa shape index (κ2) is 6.70. The van der Waals surface area contributed by atoms with E-state index in [0.717, 1.165) is 18.5 Å². The predicted octanol–water partition coefficient (Wildman–Crippen LogP) is 3.44. The highest BCUT2D eigenvalue weighted by atomic mass is 16.5. The molecule has 0 fully saturated rings. The normalized spacial score (nSPS) is 16.7. The second-order valence-electron chi connectivity index (χ2n) is 5.69. The van der Waals surface area contributed by atoms with Crippen LogP contribution in [0.2, 0.25) is 0 Å². The largest absolute Gasteiger partial charge is 0.464 e. The fourth-order valence-electron chi connectivity index (χ4n) is 3.39. The fraction of sp³-hybridized carbons (Fsp3) is 0.368. The van der Waals surface area contributed by atoms with Crippen LogP contribution in [0.5, 0.6) is 0 Å². The Kier molecular flexibility index (Phi) is 4.47. The SMILES string of the molecule is CCOC(=O)C1CCc2c(ccc3ccccc23)N1CCC#N. The van der Waals surface area contributed by atoms with E-state index in [4.69, 9.17) is 10.00 Å². The number of aryl methyl sites for hydroxylation is 1. The van der Waals surface area contributed by atoms with E-state index in [9.17, 15) is 4.79 Å². The summed E-state index contributed by atoms with van der Waals surface area (Å²) in [5.41, 5.74) is 2.32. The molecular weight excluding hydrogens is 288 g/mol. The fourth-order valence-corrected chi connectivity index (χ4v) is 3.39. The van der Waals surface area contributed by atoms with Crippen LogP contribution >= 0.6 is 0 Å². The zero-order valence-electron chi connectivity index (χ0n) is 13.3.